The highest BCUT2D eigenvalue weighted by atomic mass is 16.3. The van der Waals surface area contributed by atoms with E-state index in [9.17, 15) is 15.0 Å². The summed E-state index contributed by atoms with van der Waals surface area (Å²) in [6, 6.07) is -0.578. The third-order valence-electron chi connectivity index (χ3n) is 5.53. The Morgan fingerprint density at radius 1 is 1.52 bits per heavy atom. The number of aliphatic hydroxyl groups is 2. The smallest absolute Gasteiger partial charge is 0.229 e. The molecule has 2 aliphatic rings. The number of carbonyl (C=O) groups excluding carboxylic acids is 1. The number of amides is 1. The Labute approximate surface area is 153 Å². The summed E-state index contributed by atoms with van der Waals surface area (Å²) in [4.78, 5) is 27.7. The number of rotatable bonds is 5. The van der Waals surface area contributed by atoms with Crippen LogP contribution in [0.2, 0.25) is 0 Å². The SMILES string of the molecule is CCNc1nc(N=[N+]=[N-])nc2c1ncn2[C@H]1C(O)C(O)[C@]2(C(=O)NC)C[C@H]12. The highest BCUT2D eigenvalue weighted by molar-refractivity contribution is 5.88. The van der Waals surface area contributed by atoms with Crippen molar-refractivity contribution in [2.45, 2.75) is 31.6 Å². The van der Waals surface area contributed by atoms with E-state index < -0.39 is 23.7 Å². The first kappa shape index (κ1) is 17.5. The molecule has 12 nitrogen and oxygen atoms in total. The number of nitrogens with one attached hydrogen (secondary N) is 2. The van der Waals surface area contributed by atoms with Gasteiger partial charge in [-0.1, -0.05) is 0 Å². The molecule has 2 heterocycles. The summed E-state index contributed by atoms with van der Waals surface area (Å²) in [5, 5.41) is 30.2. The van der Waals surface area contributed by atoms with Crippen LogP contribution in [0.1, 0.15) is 19.4 Å². The van der Waals surface area contributed by atoms with Crippen molar-refractivity contribution in [2.75, 3.05) is 18.9 Å². The number of azide groups is 1. The van der Waals surface area contributed by atoms with E-state index in [0.717, 1.165) is 0 Å². The van der Waals surface area contributed by atoms with Crippen LogP contribution in [0.4, 0.5) is 11.8 Å². The largest absolute Gasteiger partial charge is 0.389 e. The number of aliphatic hydroxyl groups excluding tert-OH is 2. The molecule has 27 heavy (non-hydrogen) atoms. The molecule has 2 aromatic rings. The van der Waals surface area contributed by atoms with Crippen LogP contribution in [0.5, 0.6) is 0 Å². The molecule has 0 saturated heterocycles. The van der Waals surface area contributed by atoms with Gasteiger partial charge in [0.25, 0.3) is 0 Å². The van der Waals surface area contributed by atoms with Crippen LogP contribution in [0, 0.1) is 11.3 Å². The monoisotopic (exact) mass is 373 g/mol. The van der Waals surface area contributed by atoms with Crippen molar-refractivity contribution in [3.05, 3.63) is 16.8 Å². The molecule has 0 spiro atoms. The molecule has 0 bridgehead atoms. The number of hydrogen-bond donors (Lipinski definition) is 4. The topological polar surface area (TPSA) is 174 Å². The van der Waals surface area contributed by atoms with E-state index in [2.05, 4.69) is 35.6 Å². The zero-order chi connectivity index (χ0) is 19.3. The zero-order valence-electron chi connectivity index (χ0n) is 14.7. The first-order chi connectivity index (χ1) is 13.0. The van der Waals surface area contributed by atoms with Gasteiger partial charge in [-0.3, -0.25) is 4.79 Å². The Kier molecular flexibility index (Phi) is 3.91. The molecule has 0 aromatic carbocycles. The standard InChI is InChI=1S/C15H19N9O3/c1-3-18-11-7-12(21-14(20-11)22-23-16)24(5-19-7)8-6-4-15(6,13(27)17-2)10(26)9(8)25/h5-6,8-10,25-26H,3-4H2,1-2H3,(H,17,27)(H,18,20,21)/t6-,8-,9?,10?,15+/m1/s1. The lowest BCUT2D eigenvalue weighted by atomic mass is 9.98. The van der Waals surface area contributed by atoms with Gasteiger partial charge in [0.15, 0.2) is 11.5 Å². The lowest BCUT2D eigenvalue weighted by Crippen LogP contribution is -2.41. The predicted octanol–water partition coefficient (Wildman–Crippen LogP) is 0.229. The van der Waals surface area contributed by atoms with Crippen molar-refractivity contribution in [1.29, 1.82) is 0 Å². The average molecular weight is 373 g/mol. The number of carbonyl (C=O) groups is 1. The molecule has 2 aromatic heterocycles. The van der Waals surface area contributed by atoms with E-state index in [1.54, 1.807) is 4.57 Å². The third kappa shape index (κ3) is 2.27. The Balaban J connectivity index is 1.83. The van der Waals surface area contributed by atoms with Gasteiger partial charge in [0.05, 0.1) is 23.9 Å². The lowest BCUT2D eigenvalue weighted by molar-refractivity contribution is -0.132. The maximum absolute atomic E-state index is 12.3. The molecule has 0 radical (unpaired) electrons. The van der Waals surface area contributed by atoms with Crippen LogP contribution in [0.15, 0.2) is 11.4 Å². The van der Waals surface area contributed by atoms with E-state index in [-0.39, 0.29) is 17.8 Å². The lowest BCUT2D eigenvalue weighted by Gasteiger charge is -2.23. The van der Waals surface area contributed by atoms with E-state index >= 15 is 0 Å². The summed E-state index contributed by atoms with van der Waals surface area (Å²) in [6.45, 7) is 2.46. The van der Waals surface area contributed by atoms with Gasteiger partial charge >= 0.3 is 0 Å². The maximum Gasteiger partial charge on any atom is 0.229 e. The van der Waals surface area contributed by atoms with E-state index in [1.807, 2.05) is 6.92 Å². The molecule has 2 fully saturated rings. The Hall–Kier alpha value is -2.95. The third-order valence-corrected chi connectivity index (χ3v) is 5.53. The van der Waals surface area contributed by atoms with Gasteiger partial charge in [-0.15, -0.1) is 0 Å². The molecule has 2 aliphatic carbocycles. The second-order valence-electron chi connectivity index (χ2n) is 6.77. The molecule has 142 valence electrons. The van der Waals surface area contributed by atoms with E-state index in [4.69, 9.17) is 5.53 Å². The van der Waals surface area contributed by atoms with Gasteiger partial charge < -0.3 is 25.4 Å². The molecule has 4 rings (SSSR count). The number of aromatic nitrogens is 4. The number of fused-ring (bicyclic) bond motifs is 2. The molecular formula is C15H19N9O3. The van der Waals surface area contributed by atoms with Crippen molar-refractivity contribution < 1.29 is 15.0 Å². The van der Waals surface area contributed by atoms with Crippen molar-refractivity contribution in [3.8, 4) is 0 Å². The highest BCUT2D eigenvalue weighted by Crippen LogP contribution is 2.67. The predicted molar refractivity (Wildman–Crippen MR) is 94.0 cm³/mol. The number of hydrogen-bond acceptors (Lipinski definition) is 8. The van der Waals surface area contributed by atoms with Crippen molar-refractivity contribution in [3.63, 3.8) is 0 Å². The van der Waals surface area contributed by atoms with Crippen LogP contribution in [0.3, 0.4) is 0 Å². The molecule has 2 saturated carbocycles. The maximum atomic E-state index is 12.3. The zero-order valence-corrected chi connectivity index (χ0v) is 14.7. The number of anilines is 1. The highest BCUT2D eigenvalue weighted by Gasteiger charge is 2.75. The Bertz CT molecular complexity index is 969. The Morgan fingerprint density at radius 3 is 2.96 bits per heavy atom. The molecule has 5 atom stereocenters. The molecular weight excluding hydrogens is 354 g/mol. The van der Waals surface area contributed by atoms with Gasteiger partial charge in [0.1, 0.15) is 11.6 Å². The fourth-order valence-electron chi connectivity index (χ4n) is 4.29. The van der Waals surface area contributed by atoms with Crippen LogP contribution < -0.4 is 10.6 Å². The Morgan fingerprint density at radius 2 is 2.30 bits per heavy atom. The van der Waals surface area contributed by atoms with Crippen molar-refractivity contribution in [2.24, 2.45) is 16.4 Å². The molecule has 2 unspecified atom stereocenters. The second kappa shape index (κ2) is 6.05. The summed E-state index contributed by atoms with van der Waals surface area (Å²) in [5.74, 6) is -0.210. The minimum Gasteiger partial charge on any atom is -0.389 e. The second-order valence-corrected chi connectivity index (χ2v) is 6.77. The minimum absolute atomic E-state index is 0.0795. The molecule has 12 heteroatoms. The quantitative estimate of drug-likeness (QED) is 0.329. The summed E-state index contributed by atoms with van der Waals surface area (Å²) < 4.78 is 1.63. The van der Waals surface area contributed by atoms with Crippen LogP contribution >= 0.6 is 0 Å². The molecule has 0 aliphatic heterocycles. The summed E-state index contributed by atoms with van der Waals surface area (Å²) in [7, 11) is 1.51. The summed E-state index contributed by atoms with van der Waals surface area (Å²) in [5.41, 5.74) is 8.52. The van der Waals surface area contributed by atoms with Gasteiger partial charge in [0.2, 0.25) is 11.9 Å². The fourth-order valence-corrected chi connectivity index (χ4v) is 4.29. The first-order valence-corrected chi connectivity index (χ1v) is 8.61. The van der Waals surface area contributed by atoms with Crippen molar-refractivity contribution >= 4 is 28.8 Å². The molecule has 4 N–H and O–H groups in total. The summed E-state index contributed by atoms with van der Waals surface area (Å²) >= 11 is 0. The average Bonchev–Trinajstić information content (AvgIpc) is 3.19. The number of nitrogens with zero attached hydrogens (tertiary/aromatic N) is 7. The van der Waals surface area contributed by atoms with Crippen LogP contribution in [-0.4, -0.2) is 61.4 Å². The fraction of sp³-hybridized carbons (Fsp3) is 0.600. The van der Waals surface area contributed by atoms with Gasteiger partial charge in [-0.05, 0) is 24.0 Å². The van der Waals surface area contributed by atoms with Gasteiger partial charge in [-0.2, -0.15) is 0 Å². The van der Waals surface area contributed by atoms with Gasteiger partial charge in [-0.25, -0.2) is 15.0 Å². The van der Waals surface area contributed by atoms with Crippen LogP contribution in [0.25, 0.3) is 21.6 Å². The normalized spacial score (nSPS) is 31.3. The van der Waals surface area contributed by atoms with E-state index in [1.165, 1.54) is 13.4 Å². The molecule has 1 amide bonds. The summed E-state index contributed by atoms with van der Waals surface area (Å²) in [6.07, 6.45) is -0.377. The first-order valence-electron chi connectivity index (χ1n) is 8.61. The van der Waals surface area contributed by atoms with E-state index in [0.29, 0.717) is 29.9 Å². The minimum atomic E-state index is -1.18. The van der Waals surface area contributed by atoms with Crippen LogP contribution in [-0.2, 0) is 4.79 Å². The van der Waals surface area contributed by atoms with Gasteiger partial charge in [0, 0.05) is 24.4 Å². The number of imidazole rings is 1. The van der Waals surface area contributed by atoms with Crippen molar-refractivity contribution in [1.82, 2.24) is 24.8 Å².